The molecule has 0 saturated heterocycles. The quantitative estimate of drug-likeness (QED) is 0.865. The second kappa shape index (κ2) is 4.14. The highest BCUT2D eigenvalue weighted by molar-refractivity contribution is 7.16. The molecule has 0 saturated carbocycles. The number of aromatic nitrogens is 2. The molecular weight excluding hydrogens is 206 g/mol. The Morgan fingerprint density at radius 2 is 2.20 bits per heavy atom. The van der Waals surface area contributed by atoms with E-state index in [2.05, 4.69) is 47.5 Å². The first-order valence-corrected chi connectivity index (χ1v) is 6.09. The number of hydrogen-bond donors (Lipinski definition) is 1. The molecule has 3 nitrogen and oxygen atoms in total. The third-order valence-corrected chi connectivity index (χ3v) is 2.92. The number of nitrogens with zero attached hydrogens (tertiary/aromatic N) is 2. The van der Waals surface area contributed by atoms with Gasteiger partial charge >= 0.3 is 0 Å². The van der Waals surface area contributed by atoms with Crippen molar-refractivity contribution in [3.8, 4) is 0 Å². The highest BCUT2D eigenvalue weighted by Crippen LogP contribution is 2.25. The number of thiophene rings is 1. The van der Waals surface area contributed by atoms with Gasteiger partial charge in [-0.3, -0.25) is 0 Å². The van der Waals surface area contributed by atoms with Gasteiger partial charge in [0.15, 0.2) is 0 Å². The SMILES string of the molecule is CCc1nc(NC(C)C)c2ccsc2n1. The van der Waals surface area contributed by atoms with Crippen molar-refractivity contribution in [2.45, 2.75) is 33.2 Å². The van der Waals surface area contributed by atoms with E-state index in [-0.39, 0.29) is 0 Å². The van der Waals surface area contributed by atoms with Crippen LogP contribution in [-0.2, 0) is 6.42 Å². The molecule has 0 aliphatic heterocycles. The van der Waals surface area contributed by atoms with Gasteiger partial charge in [-0.1, -0.05) is 6.92 Å². The average molecular weight is 221 g/mol. The summed E-state index contributed by atoms with van der Waals surface area (Å²) >= 11 is 1.67. The summed E-state index contributed by atoms with van der Waals surface area (Å²) in [6.45, 7) is 6.31. The molecule has 0 spiro atoms. The molecule has 0 amide bonds. The number of hydrogen-bond acceptors (Lipinski definition) is 4. The van der Waals surface area contributed by atoms with Crippen LogP contribution in [0.1, 0.15) is 26.6 Å². The first kappa shape index (κ1) is 10.4. The van der Waals surface area contributed by atoms with Crippen LogP contribution >= 0.6 is 11.3 Å². The van der Waals surface area contributed by atoms with Crippen LogP contribution in [-0.4, -0.2) is 16.0 Å². The summed E-state index contributed by atoms with van der Waals surface area (Å²) < 4.78 is 0. The second-order valence-corrected chi connectivity index (χ2v) is 4.68. The molecule has 1 N–H and O–H groups in total. The summed E-state index contributed by atoms with van der Waals surface area (Å²) in [6, 6.07) is 2.47. The van der Waals surface area contributed by atoms with Crippen LogP contribution in [0.4, 0.5) is 5.82 Å². The molecule has 2 aromatic rings. The van der Waals surface area contributed by atoms with Crippen molar-refractivity contribution >= 4 is 27.4 Å². The Labute approximate surface area is 93.6 Å². The maximum absolute atomic E-state index is 4.52. The van der Waals surface area contributed by atoms with Gasteiger partial charge in [-0.15, -0.1) is 11.3 Å². The maximum Gasteiger partial charge on any atom is 0.138 e. The molecule has 2 aromatic heterocycles. The van der Waals surface area contributed by atoms with E-state index >= 15 is 0 Å². The largest absolute Gasteiger partial charge is 0.367 e. The van der Waals surface area contributed by atoms with Crippen molar-refractivity contribution in [1.29, 1.82) is 0 Å². The summed E-state index contributed by atoms with van der Waals surface area (Å²) in [4.78, 5) is 10.1. The van der Waals surface area contributed by atoms with E-state index in [1.165, 1.54) is 0 Å². The lowest BCUT2D eigenvalue weighted by molar-refractivity contribution is 0.877. The first-order valence-electron chi connectivity index (χ1n) is 5.21. The fourth-order valence-corrected chi connectivity index (χ4v) is 2.22. The smallest absolute Gasteiger partial charge is 0.138 e. The fraction of sp³-hybridized carbons (Fsp3) is 0.455. The van der Waals surface area contributed by atoms with Crippen molar-refractivity contribution in [3.63, 3.8) is 0 Å². The second-order valence-electron chi connectivity index (χ2n) is 3.78. The molecular formula is C11H15N3S. The van der Waals surface area contributed by atoms with Gasteiger partial charge in [0.1, 0.15) is 16.5 Å². The molecule has 0 atom stereocenters. The Bertz CT molecular complexity index is 462. The van der Waals surface area contributed by atoms with Crippen molar-refractivity contribution in [1.82, 2.24) is 9.97 Å². The minimum Gasteiger partial charge on any atom is -0.367 e. The zero-order valence-corrected chi connectivity index (χ0v) is 10.1. The van der Waals surface area contributed by atoms with Crippen LogP contribution in [0.25, 0.3) is 10.2 Å². The van der Waals surface area contributed by atoms with E-state index in [1.54, 1.807) is 11.3 Å². The first-order chi connectivity index (χ1) is 7.20. The molecule has 0 bridgehead atoms. The van der Waals surface area contributed by atoms with Crippen LogP contribution in [0.15, 0.2) is 11.4 Å². The molecule has 0 aromatic carbocycles. The van der Waals surface area contributed by atoms with Gasteiger partial charge in [0.05, 0.1) is 5.39 Å². The molecule has 0 fully saturated rings. The normalized spacial score (nSPS) is 11.2. The molecule has 4 heteroatoms. The molecule has 80 valence electrons. The van der Waals surface area contributed by atoms with Gasteiger partial charge in [0.2, 0.25) is 0 Å². The highest BCUT2D eigenvalue weighted by atomic mass is 32.1. The lowest BCUT2D eigenvalue weighted by Gasteiger charge is -2.10. The van der Waals surface area contributed by atoms with Crippen LogP contribution in [0, 0.1) is 0 Å². The minimum absolute atomic E-state index is 0.396. The lowest BCUT2D eigenvalue weighted by Crippen LogP contribution is -2.12. The highest BCUT2D eigenvalue weighted by Gasteiger charge is 2.08. The van der Waals surface area contributed by atoms with E-state index in [0.717, 1.165) is 28.3 Å². The minimum atomic E-state index is 0.396. The monoisotopic (exact) mass is 221 g/mol. The summed E-state index contributed by atoms with van der Waals surface area (Å²) in [5.74, 6) is 1.88. The Hall–Kier alpha value is -1.16. The Morgan fingerprint density at radius 3 is 2.87 bits per heavy atom. The van der Waals surface area contributed by atoms with E-state index in [1.807, 2.05) is 0 Å². The summed E-state index contributed by atoms with van der Waals surface area (Å²) in [7, 11) is 0. The number of anilines is 1. The topological polar surface area (TPSA) is 37.8 Å². The molecule has 15 heavy (non-hydrogen) atoms. The zero-order chi connectivity index (χ0) is 10.8. The van der Waals surface area contributed by atoms with Gasteiger partial charge in [-0.05, 0) is 25.3 Å². The van der Waals surface area contributed by atoms with Gasteiger partial charge in [-0.2, -0.15) is 0 Å². The number of rotatable bonds is 3. The Kier molecular flexibility index (Phi) is 2.86. The summed E-state index contributed by atoms with van der Waals surface area (Å²) in [5, 5.41) is 6.55. The van der Waals surface area contributed by atoms with E-state index < -0.39 is 0 Å². The van der Waals surface area contributed by atoms with E-state index in [0.29, 0.717) is 6.04 Å². The van der Waals surface area contributed by atoms with Crippen molar-refractivity contribution < 1.29 is 0 Å². The van der Waals surface area contributed by atoms with Crippen molar-refractivity contribution in [2.75, 3.05) is 5.32 Å². The molecule has 0 aliphatic rings. The van der Waals surface area contributed by atoms with Crippen LogP contribution in [0.2, 0.25) is 0 Å². The summed E-state index contributed by atoms with van der Waals surface area (Å²) in [5.41, 5.74) is 0. The van der Waals surface area contributed by atoms with Gasteiger partial charge in [-0.25, -0.2) is 9.97 Å². The standard InChI is InChI=1S/C11H15N3S/c1-4-9-13-10(12-7(2)3)8-5-6-15-11(8)14-9/h5-7H,4H2,1-3H3,(H,12,13,14). The van der Waals surface area contributed by atoms with Gasteiger partial charge in [0, 0.05) is 12.5 Å². The Balaban J connectivity index is 2.53. The molecule has 0 unspecified atom stereocenters. The van der Waals surface area contributed by atoms with E-state index in [9.17, 15) is 0 Å². The van der Waals surface area contributed by atoms with Crippen molar-refractivity contribution in [2.24, 2.45) is 0 Å². The predicted molar refractivity (Wildman–Crippen MR) is 65.6 cm³/mol. The zero-order valence-electron chi connectivity index (χ0n) is 9.24. The maximum atomic E-state index is 4.52. The van der Waals surface area contributed by atoms with Gasteiger partial charge in [0.25, 0.3) is 0 Å². The lowest BCUT2D eigenvalue weighted by atomic mass is 10.3. The van der Waals surface area contributed by atoms with Gasteiger partial charge < -0.3 is 5.32 Å². The van der Waals surface area contributed by atoms with Crippen LogP contribution in [0.3, 0.4) is 0 Å². The molecule has 0 aliphatic carbocycles. The number of nitrogens with one attached hydrogen (secondary N) is 1. The third-order valence-electron chi connectivity index (χ3n) is 2.11. The fourth-order valence-electron chi connectivity index (χ4n) is 1.44. The number of fused-ring (bicyclic) bond motifs is 1. The van der Waals surface area contributed by atoms with Crippen LogP contribution < -0.4 is 5.32 Å². The third kappa shape index (κ3) is 2.09. The average Bonchev–Trinajstić information content (AvgIpc) is 2.64. The number of aryl methyl sites for hydroxylation is 1. The predicted octanol–water partition coefficient (Wildman–Crippen LogP) is 3.07. The van der Waals surface area contributed by atoms with Crippen LogP contribution in [0.5, 0.6) is 0 Å². The van der Waals surface area contributed by atoms with Crippen molar-refractivity contribution in [3.05, 3.63) is 17.3 Å². The molecule has 2 heterocycles. The molecule has 0 radical (unpaired) electrons. The van der Waals surface area contributed by atoms with E-state index in [4.69, 9.17) is 0 Å². The molecule has 2 rings (SSSR count). The summed E-state index contributed by atoms with van der Waals surface area (Å²) in [6.07, 6.45) is 0.876. The Morgan fingerprint density at radius 1 is 1.40 bits per heavy atom.